The summed E-state index contributed by atoms with van der Waals surface area (Å²) in [4.78, 5) is 11.4. The van der Waals surface area contributed by atoms with Gasteiger partial charge in [0.15, 0.2) is 0 Å². The smallest absolute Gasteiger partial charge is 0.338 e. The van der Waals surface area contributed by atoms with Gasteiger partial charge < -0.3 is 9.47 Å². The largest absolute Gasteiger partial charge is 0.497 e. The van der Waals surface area contributed by atoms with E-state index in [1.807, 2.05) is 37.3 Å². The molecule has 19 heavy (non-hydrogen) atoms. The summed E-state index contributed by atoms with van der Waals surface area (Å²) in [7, 11) is 1.62. The Bertz CT molecular complexity index is 525. The summed E-state index contributed by atoms with van der Waals surface area (Å²) in [6, 6.07) is 7.24. The number of carbonyl (C=O) groups excluding carboxylic acids is 1. The Balaban J connectivity index is 2.83. The van der Waals surface area contributed by atoms with E-state index in [0.29, 0.717) is 11.3 Å². The zero-order chi connectivity index (χ0) is 14.3. The highest BCUT2D eigenvalue weighted by Gasteiger charge is 2.04. The van der Waals surface area contributed by atoms with E-state index in [1.54, 1.807) is 26.2 Å². The molecule has 0 N–H and O–H groups in total. The second kappa shape index (κ2) is 7.21. The van der Waals surface area contributed by atoms with Crippen LogP contribution in [0.4, 0.5) is 0 Å². The predicted molar refractivity (Wildman–Crippen MR) is 76.7 cm³/mol. The second-order valence-corrected chi connectivity index (χ2v) is 3.97. The van der Waals surface area contributed by atoms with E-state index < -0.39 is 5.97 Å². The molecule has 3 heteroatoms. The van der Waals surface area contributed by atoms with E-state index in [0.717, 1.165) is 11.3 Å². The summed E-state index contributed by atoms with van der Waals surface area (Å²) in [6.45, 7) is 7.05. The van der Waals surface area contributed by atoms with Crippen LogP contribution in [0.15, 0.2) is 54.3 Å². The van der Waals surface area contributed by atoms with Crippen LogP contribution in [-0.2, 0) is 9.53 Å². The van der Waals surface area contributed by atoms with Crippen LogP contribution < -0.4 is 4.74 Å². The van der Waals surface area contributed by atoms with Crippen LogP contribution in [-0.4, -0.2) is 13.1 Å². The van der Waals surface area contributed by atoms with Crippen LogP contribution in [0.25, 0.3) is 6.08 Å². The second-order valence-electron chi connectivity index (χ2n) is 3.97. The number of methoxy groups -OCH3 is 1. The van der Waals surface area contributed by atoms with E-state index in [9.17, 15) is 4.79 Å². The molecule has 0 radical (unpaired) electrons. The summed E-state index contributed by atoms with van der Waals surface area (Å²) in [5.74, 6) is 0.839. The fourth-order valence-corrected chi connectivity index (χ4v) is 1.34. The summed E-state index contributed by atoms with van der Waals surface area (Å²) in [6.07, 6.45) is 5.60. The molecule has 0 saturated carbocycles. The number of allylic oxidation sites excluding steroid dienone is 2. The van der Waals surface area contributed by atoms with Gasteiger partial charge in [-0.05, 0) is 43.7 Å². The number of carbonyl (C=O) groups is 1. The topological polar surface area (TPSA) is 35.5 Å². The van der Waals surface area contributed by atoms with Gasteiger partial charge in [-0.3, -0.25) is 0 Å². The molecule has 0 heterocycles. The maximum Gasteiger partial charge on any atom is 0.338 e. The Hall–Kier alpha value is -2.29. The van der Waals surface area contributed by atoms with Crippen LogP contribution in [0, 0.1) is 0 Å². The molecule has 1 aromatic rings. The molecular weight excluding hydrogens is 240 g/mol. The minimum Gasteiger partial charge on any atom is -0.497 e. The van der Waals surface area contributed by atoms with Crippen LogP contribution in [0.5, 0.6) is 5.75 Å². The van der Waals surface area contributed by atoms with Crippen LogP contribution in [0.2, 0.25) is 0 Å². The average Bonchev–Trinajstić information content (AvgIpc) is 2.40. The molecule has 3 nitrogen and oxygen atoms in total. The first-order valence-corrected chi connectivity index (χ1v) is 5.93. The molecule has 0 atom stereocenters. The third-order valence-corrected chi connectivity index (χ3v) is 2.38. The number of ether oxygens (including phenoxy) is 2. The molecule has 0 spiro atoms. The van der Waals surface area contributed by atoms with Gasteiger partial charge in [-0.15, -0.1) is 0 Å². The Morgan fingerprint density at radius 1 is 1.37 bits per heavy atom. The van der Waals surface area contributed by atoms with Gasteiger partial charge in [-0.2, -0.15) is 0 Å². The highest BCUT2D eigenvalue weighted by molar-refractivity contribution is 5.88. The third-order valence-electron chi connectivity index (χ3n) is 2.38. The predicted octanol–water partition coefficient (Wildman–Crippen LogP) is 3.73. The first kappa shape index (κ1) is 14.8. The summed E-state index contributed by atoms with van der Waals surface area (Å²) >= 11 is 0. The number of esters is 1. The van der Waals surface area contributed by atoms with Gasteiger partial charge in [0.2, 0.25) is 0 Å². The number of benzene rings is 1. The lowest BCUT2D eigenvalue weighted by molar-refractivity contribution is -0.130. The minimum atomic E-state index is -0.424. The Kier molecular flexibility index (Phi) is 5.61. The van der Waals surface area contributed by atoms with Crippen LogP contribution >= 0.6 is 0 Å². The molecule has 100 valence electrons. The first-order valence-electron chi connectivity index (χ1n) is 5.93. The van der Waals surface area contributed by atoms with Gasteiger partial charge in [-0.1, -0.05) is 24.8 Å². The van der Waals surface area contributed by atoms with Crippen LogP contribution in [0.1, 0.15) is 19.4 Å². The van der Waals surface area contributed by atoms with E-state index >= 15 is 0 Å². The lowest BCUT2D eigenvalue weighted by Gasteiger charge is -2.04. The highest BCUT2D eigenvalue weighted by Crippen LogP contribution is 2.16. The standard InChI is InChI=1S/C16H18O3/c1-5-14(18-4)10-9-13-7-6-8-15(11-13)19-16(17)12(2)3/h5-11H,2H2,1,3-4H3/b10-9-,14-5+. The van der Waals surface area contributed by atoms with Crippen molar-refractivity contribution in [3.63, 3.8) is 0 Å². The monoisotopic (exact) mass is 258 g/mol. The molecule has 0 saturated heterocycles. The molecule has 0 aliphatic carbocycles. The van der Waals surface area contributed by atoms with Crippen molar-refractivity contribution >= 4 is 12.0 Å². The van der Waals surface area contributed by atoms with Gasteiger partial charge in [0.05, 0.1) is 7.11 Å². The van der Waals surface area contributed by atoms with Crippen molar-refractivity contribution < 1.29 is 14.3 Å². The summed E-state index contributed by atoms with van der Waals surface area (Å²) in [5, 5.41) is 0. The lowest BCUT2D eigenvalue weighted by atomic mass is 10.2. The fraction of sp³-hybridized carbons (Fsp3) is 0.188. The van der Waals surface area contributed by atoms with Gasteiger partial charge >= 0.3 is 5.97 Å². The molecule has 0 aromatic heterocycles. The van der Waals surface area contributed by atoms with E-state index in [1.165, 1.54) is 0 Å². The SMILES string of the molecule is C=C(C)C(=O)Oc1cccc(/C=C\C(=C/C)OC)c1. The van der Waals surface area contributed by atoms with E-state index in [2.05, 4.69) is 6.58 Å². The summed E-state index contributed by atoms with van der Waals surface area (Å²) in [5.41, 5.74) is 1.29. The molecule has 0 aliphatic heterocycles. The van der Waals surface area contributed by atoms with E-state index in [4.69, 9.17) is 9.47 Å². The number of rotatable bonds is 5. The normalized spacial score (nSPS) is 11.4. The van der Waals surface area contributed by atoms with Crippen molar-refractivity contribution in [1.82, 2.24) is 0 Å². The molecule has 1 aromatic carbocycles. The van der Waals surface area contributed by atoms with Crippen molar-refractivity contribution in [2.45, 2.75) is 13.8 Å². The molecule has 1 rings (SSSR count). The molecule has 0 unspecified atom stereocenters. The van der Waals surface area contributed by atoms with Crippen molar-refractivity contribution in [1.29, 1.82) is 0 Å². The van der Waals surface area contributed by atoms with Crippen molar-refractivity contribution in [3.05, 3.63) is 59.9 Å². The minimum absolute atomic E-state index is 0.372. The molecule has 0 aliphatic rings. The van der Waals surface area contributed by atoms with Gasteiger partial charge in [0.25, 0.3) is 0 Å². The van der Waals surface area contributed by atoms with Gasteiger partial charge in [-0.25, -0.2) is 4.79 Å². The Morgan fingerprint density at radius 3 is 2.68 bits per heavy atom. The van der Waals surface area contributed by atoms with Crippen LogP contribution in [0.3, 0.4) is 0 Å². The first-order chi connectivity index (χ1) is 9.06. The van der Waals surface area contributed by atoms with Gasteiger partial charge in [0, 0.05) is 5.57 Å². The number of hydrogen-bond acceptors (Lipinski definition) is 3. The van der Waals surface area contributed by atoms with Crippen molar-refractivity contribution in [2.75, 3.05) is 7.11 Å². The molecule has 0 fully saturated rings. The molecular formula is C16H18O3. The highest BCUT2D eigenvalue weighted by atomic mass is 16.5. The third kappa shape index (κ3) is 4.84. The zero-order valence-corrected chi connectivity index (χ0v) is 11.5. The lowest BCUT2D eigenvalue weighted by Crippen LogP contribution is -2.08. The Morgan fingerprint density at radius 2 is 2.11 bits per heavy atom. The number of hydrogen-bond donors (Lipinski definition) is 0. The average molecular weight is 258 g/mol. The van der Waals surface area contributed by atoms with Crippen molar-refractivity contribution in [2.24, 2.45) is 0 Å². The maximum absolute atomic E-state index is 11.4. The zero-order valence-electron chi connectivity index (χ0n) is 11.5. The quantitative estimate of drug-likeness (QED) is 0.265. The summed E-state index contributed by atoms with van der Waals surface area (Å²) < 4.78 is 10.3. The Labute approximate surface area is 113 Å². The van der Waals surface area contributed by atoms with Gasteiger partial charge in [0.1, 0.15) is 11.5 Å². The fourth-order valence-electron chi connectivity index (χ4n) is 1.34. The maximum atomic E-state index is 11.4. The molecule has 0 bridgehead atoms. The van der Waals surface area contributed by atoms with E-state index in [-0.39, 0.29) is 0 Å². The molecule has 0 amide bonds. The van der Waals surface area contributed by atoms with Crippen molar-refractivity contribution in [3.8, 4) is 5.75 Å².